The lowest BCUT2D eigenvalue weighted by molar-refractivity contribution is 0.0302. The molecule has 0 radical (unpaired) electrons. The molecule has 3 N–H and O–H groups in total. The Morgan fingerprint density at radius 1 is 1.38 bits per heavy atom. The van der Waals surface area contributed by atoms with Gasteiger partial charge < -0.3 is 25.4 Å². The van der Waals surface area contributed by atoms with Crippen molar-refractivity contribution >= 4 is 12.1 Å². The van der Waals surface area contributed by atoms with Crippen LogP contribution in [0.5, 0.6) is 0 Å². The van der Waals surface area contributed by atoms with Gasteiger partial charge >= 0.3 is 6.09 Å². The van der Waals surface area contributed by atoms with Crippen LogP contribution in [0.1, 0.15) is 27.2 Å². The van der Waals surface area contributed by atoms with Crippen molar-refractivity contribution in [2.24, 2.45) is 10.7 Å². The first-order valence-corrected chi connectivity index (χ1v) is 8.56. The lowest BCUT2D eigenvalue weighted by Gasteiger charge is -2.26. The summed E-state index contributed by atoms with van der Waals surface area (Å²) in [5.74, 6) is 0.412. The number of nitrogens with one attached hydrogen (secondary N) is 1. The van der Waals surface area contributed by atoms with Crippen molar-refractivity contribution in [1.29, 1.82) is 0 Å². The van der Waals surface area contributed by atoms with Crippen molar-refractivity contribution in [2.45, 2.75) is 32.8 Å². The number of morpholine rings is 1. The molecule has 8 nitrogen and oxygen atoms in total. The SMILES string of the molecule is CN(CCNC(N)=NCCCN1CCOCC1)C(=O)OC(C)(C)C. The van der Waals surface area contributed by atoms with Gasteiger partial charge in [-0.3, -0.25) is 9.89 Å². The first-order valence-electron chi connectivity index (χ1n) is 8.56. The smallest absolute Gasteiger partial charge is 0.410 e. The molecule has 0 aromatic carbocycles. The predicted octanol–water partition coefficient (Wildman–Crippen LogP) is 0.480. The monoisotopic (exact) mass is 343 g/mol. The first-order chi connectivity index (χ1) is 11.3. The van der Waals surface area contributed by atoms with Crippen molar-refractivity contribution in [3.8, 4) is 0 Å². The molecule has 140 valence electrons. The summed E-state index contributed by atoms with van der Waals surface area (Å²) >= 11 is 0. The minimum absolute atomic E-state index is 0.342. The van der Waals surface area contributed by atoms with Crippen LogP contribution in [0.25, 0.3) is 0 Å². The summed E-state index contributed by atoms with van der Waals surface area (Å²) in [5, 5.41) is 3.01. The zero-order valence-electron chi connectivity index (χ0n) is 15.5. The molecule has 1 fully saturated rings. The van der Waals surface area contributed by atoms with E-state index in [1.165, 1.54) is 4.90 Å². The lowest BCUT2D eigenvalue weighted by atomic mass is 10.2. The Kier molecular flexibility index (Phi) is 8.84. The lowest BCUT2D eigenvalue weighted by Crippen LogP contribution is -2.41. The molecule has 8 heteroatoms. The van der Waals surface area contributed by atoms with Crippen LogP contribution in [-0.2, 0) is 9.47 Å². The van der Waals surface area contributed by atoms with Crippen LogP contribution in [0.4, 0.5) is 4.79 Å². The van der Waals surface area contributed by atoms with Crippen molar-refractivity contribution in [1.82, 2.24) is 15.1 Å². The average molecular weight is 343 g/mol. The third-order valence-electron chi connectivity index (χ3n) is 3.48. The number of likely N-dealkylation sites (N-methyl/N-ethyl adjacent to an activating group) is 1. The van der Waals surface area contributed by atoms with E-state index in [1.807, 2.05) is 20.8 Å². The second-order valence-electron chi connectivity index (χ2n) is 6.90. The highest BCUT2D eigenvalue weighted by molar-refractivity contribution is 5.77. The van der Waals surface area contributed by atoms with Gasteiger partial charge in [-0.15, -0.1) is 0 Å². The van der Waals surface area contributed by atoms with E-state index < -0.39 is 5.60 Å². The van der Waals surface area contributed by atoms with E-state index >= 15 is 0 Å². The molecule has 1 aliphatic rings. The highest BCUT2D eigenvalue weighted by Gasteiger charge is 2.19. The molecule has 0 bridgehead atoms. The van der Waals surface area contributed by atoms with Crippen molar-refractivity contribution in [3.05, 3.63) is 0 Å². The maximum Gasteiger partial charge on any atom is 0.410 e. The van der Waals surface area contributed by atoms with Crippen molar-refractivity contribution < 1.29 is 14.3 Å². The summed E-state index contributed by atoms with van der Waals surface area (Å²) in [4.78, 5) is 20.0. The topological polar surface area (TPSA) is 92.4 Å². The molecule has 1 saturated heterocycles. The Labute approximate surface area is 145 Å². The minimum Gasteiger partial charge on any atom is -0.444 e. The zero-order valence-corrected chi connectivity index (χ0v) is 15.5. The highest BCUT2D eigenvalue weighted by Crippen LogP contribution is 2.08. The van der Waals surface area contributed by atoms with Gasteiger partial charge in [-0.25, -0.2) is 4.79 Å². The molecule has 0 aromatic rings. The molecule has 24 heavy (non-hydrogen) atoms. The largest absolute Gasteiger partial charge is 0.444 e. The Bertz CT molecular complexity index is 403. The number of ether oxygens (including phenoxy) is 2. The van der Waals surface area contributed by atoms with Crippen LogP contribution in [-0.4, -0.2) is 87.0 Å². The minimum atomic E-state index is -0.486. The molecule has 0 spiro atoms. The van der Waals surface area contributed by atoms with Gasteiger partial charge in [-0.2, -0.15) is 0 Å². The molecule has 0 aliphatic carbocycles. The third kappa shape index (κ3) is 9.57. The van der Waals surface area contributed by atoms with E-state index in [0.717, 1.165) is 39.3 Å². The molecule has 1 heterocycles. The second kappa shape index (κ2) is 10.4. The Hall–Kier alpha value is -1.54. The van der Waals surface area contributed by atoms with E-state index in [-0.39, 0.29) is 6.09 Å². The number of carbonyl (C=O) groups excluding carboxylic acids is 1. The van der Waals surface area contributed by atoms with Gasteiger partial charge in [-0.05, 0) is 27.2 Å². The number of amides is 1. The molecule has 1 rings (SSSR count). The highest BCUT2D eigenvalue weighted by atomic mass is 16.6. The van der Waals surface area contributed by atoms with Gasteiger partial charge in [0.15, 0.2) is 5.96 Å². The predicted molar refractivity (Wildman–Crippen MR) is 95.2 cm³/mol. The van der Waals surface area contributed by atoms with Crippen molar-refractivity contribution in [2.75, 3.05) is 59.5 Å². The summed E-state index contributed by atoms with van der Waals surface area (Å²) < 4.78 is 10.6. The Balaban J connectivity index is 2.11. The van der Waals surface area contributed by atoms with Gasteiger partial charge in [0.25, 0.3) is 0 Å². The zero-order chi connectivity index (χ0) is 18.0. The van der Waals surface area contributed by atoms with E-state index in [2.05, 4.69) is 15.2 Å². The van der Waals surface area contributed by atoms with E-state index in [1.54, 1.807) is 7.05 Å². The fourth-order valence-electron chi connectivity index (χ4n) is 2.16. The number of guanidine groups is 1. The number of nitrogens with two attached hydrogens (primary N) is 1. The Morgan fingerprint density at radius 3 is 2.67 bits per heavy atom. The summed E-state index contributed by atoms with van der Waals surface area (Å²) in [5.41, 5.74) is 5.34. The molecular formula is C16H33N5O3. The summed E-state index contributed by atoms with van der Waals surface area (Å²) in [6, 6.07) is 0. The fraction of sp³-hybridized carbons (Fsp3) is 0.875. The van der Waals surface area contributed by atoms with Crippen LogP contribution in [0, 0.1) is 0 Å². The van der Waals surface area contributed by atoms with E-state index in [9.17, 15) is 4.79 Å². The normalized spacial score (nSPS) is 16.8. The number of carbonyl (C=O) groups is 1. The van der Waals surface area contributed by atoms with Crippen LogP contribution < -0.4 is 11.1 Å². The standard InChI is InChI=1S/C16H33N5O3/c1-16(2,3)24-15(22)20(4)9-7-19-14(17)18-6-5-8-21-10-12-23-13-11-21/h5-13H2,1-4H3,(H3,17,18,19). The molecule has 0 unspecified atom stereocenters. The van der Waals surface area contributed by atoms with E-state index in [4.69, 9.17) is 15.2 Å². The molecule has 1 amide bonds. The average Bonchev–Trinajstić information content (AvgIpc) is 2.51. The van der Waals surface area contributed by atoms with Crippen LogP contribution in [0.3, 0.4) is 0 Å². The quantitative estimate of drug-likeness (QED) is 0.397. The fourth-order valence-corrected chi connectivity index (χ4v) is 2.16. The van der Waals surface area contributed by atoms with E-state index in [0.29, 0.717) is 25.6 Å². The molecule has 0 aromatic heterocycles. The molecule has 1 aliphatic heterocycles. The van der Waals surface area contributed by atoms with Crippen LogP contribution >= 0.6 is 0 Å². The number of hydrogen-bond donors (Lipinski definition) is 2. The molecule has 0 atom stereocenters. The summed E-state index contributed by atoms with van der Waals surface area (Å²) in [6.45, 7) is 11.9. The first kappa shape index (κ1) is 20.5. The maximum absolute atomic E-state index is 11.8. The maximum atomic E-state index is 11.8. The van der Waals surface area contributed by atoms with Gasteiger partial charge in [0.1, 0.15) is 5.60 Å². The van der Waals surface area contributed by atoms with Gasteiger partial charge in [0.2, 0.25) is 0 Å². The number of rotatable bonds is 7. The van der Waals surface area contributed by atoms with Crippen molar-refractivity contribution in [3.63, 3.8) is 0 Å². The summed E-state index contributed by atoms with van der Waals surface area (Å²) in [6.07, 6.45) is 0.630. The van der Waals surface area contributed by atoms with Gasteiger partial charge in [0.05, 0.1) is 13.2 Å². The third-order valence-corrected chi connectivity index (χ3v) is 3.48. The van der Waals surface area contributed by atoms with Crippen LogP contribution in [0.2, 0.25) is 0 Å². The van der Waals surface area contributed by atoms with Crippen LogP contribution in [0.15, 0.2) is 4.99 Å². The molecular weight excluding hydrogens is 310 g/mol. The second-order valence-corrected chi connectivity index (χ2v) is 6.90. The number of hydrogen-bond acceptors (Lipinski definition) is 5. The van der Waals surface area contributed by atoms with Gasteiger partial charge in [-0.1, -0.05) is 0 Å². The number of aliphatic imine (C=N–C) groups is 1. The number of nitrogens with zero attached hydrogens (tertiary/aromatic N) is 3. The van der Waals surface area contributed by atoms with Gasteiger partial charge in [0, 0.05) is 46.3 Å². The Morgan fingerprint density at radius 2 is 2.04 bits per heavy atom. The molecule has 0 saturated carbocycles. The summed E-state index contributed by atoms with van der Waals surface area (Å²) in [7, 11) is 1.70.